The van der Waals surface area contributed by atoms with Crippen molar-refractivity contribution in [3.05, 3.63) is 35.9 Å². The van der Waals surface area contributed by atoms with Crippen LogP contribution in [0.1, 0.15) is 51.1 Å². The predicted molar refractivity (Wildman–Crippen MR) is 82.3 cm³/mol. The summed E-state index contributed by atoms with van der Waals surface area (Å²) in [6.45, 7) is 6.88. The van der Waals surface area contributed by atoms with Crippen LogP contribution in [0, 0.1) is 5.92 Å². The van der Waals surface area contributed by atoms with Crippen molar-refractivity contribution in [2.45, 2.75) is 51.6 Å². The fourth-order valence-electron chi connectivity index (χ4n) is 2.88. The summed E-state index contributed by atoms with van der Waals surface area (Å²) in [7, 11) is 0. The van der Waals surface area contributed by atoms with Crippen LogP contribution in [0.2, 0.25) is 0 Å². The second-order valence-corrected chi connectivity index (χ2v) is 6.15. The van der Waals surface area contributed by atoms with E-state index in [1.54, 1.807) is 0 Å². The van der Waals surface area contributed by atoms with Crippen molar-refractivity contribution in [3.8, 4) is 0 Å². The van der Waals surface area contributed by atoms with Gasteiger partial charge in [0, 0.05) is 18.6 Å². The van der Waals surface area contributed by atoms with Crippen molar-refractivity contribution < 1.29 is 0 Å². The van der Waals surface area contributed by atoms with Gasteiger partial charge in [-0.05, 0) is 37.3 Å². The molecule has 1 aliphatic heterocycles. The highest BCUT2D eigenvalue weighted by molar-refractivity contribution is 5.19. The maximum absolute atomic E-state index is 3.77. The Morgan fingerprint density at radius 2 is 2.00 bits per heavy atom. The fourth-order valence-corrected chi connectivity index (χ4v) is 2.88. The van der Waals surface area contributed by atoms with Gasteiger partial charge in [-0.25, -0.2) is 0 Å². The topological polar surface area (TPSA) is 24.1 Å². The molecule has 2 heteroatoms. The monoisotopic (exact) mass is 260 g/mol. The van der Waals surface area contributed by atoms with Crippen LogP contribution in [0.3, 0.4) is 0 Å². The minimum absolute atomic E-state index is 0.491. The average molecular weight is 260 g/mol. The van der Waals surface area contributed by atoms with E-state index in [4.69, 9.17) is 0 Å². The van der Waals surface area contributed by atoms with Crippen molar-refractivity contribution in [1.29, 1.82) is 0 Å². The summed E-state index contributed by atoms with van der Waals surface area (Å²) in [4.78, 5) is 0. The van der Waals surface area contributed by atoms with Crippen LogP contribution in [0.5, 0.6) is 0 Å². The van der Waals surface area contributed by atoms with Crippen LogP contribution in [0.4, 0.5) is 0 Å². The van der Waals surface area contributed by atoms with E-state index in [1.165, 1.54) is 37.8 Å². The molecular formula is C17H28N2. The average Bonchev–Trinajstić information content (AvgIpc) is 2.45. The number of nitrogens with one attached hydrogen (secondary N) is 2. The van der Waals surface area contributed by atoms with E-state index in [-0.39, 0.29) is 0 Å². The molecule has 1 heterocycles. The van der Waals surface area contributed by atoms with Gasteiger partial charge in [0.15, 0.2) is 0 Å². The minimum atomic E-state index is 0.491. The Labute approximate surface area is 118 Å². The highest BCUT2D eigenvalue weighted by atomic mass is 15.0. The van der Waals surface area contributed by atoms with Gasteiger partial charge in [-0.3, -0.25) is 0 Å². The lowest BCUT2D eigenvalue weighted by Gasteiger charge is -2.27. The Morgan fingerprint density at radius 1 is 1.21 bits per heavy atom. The molecule has 2 nitrogen and oxygen atoms in total. The van der Waals surface area contributed by atoms with Crippen LogP contribution in [0.15, 0.2) is 30.3 Å². The molecule has 1 aliphatic rings. The molecule has 2 atom stereocenters. The molecule has 0 radical (unpaired) electrons. The molecule has 0 aromatic heterocycles. The summed E-state index contributed by atoms with van der Waals surface area (Å²) in [5.74, 6) is 0.719. The Balaban J connectivity index is 1.90. The standard InChI is InChI=1S/C17H28N2/c1-14(2)12-17(15-8-4-3-5-9-15)19-13-16-10-6-7-11-18-16/h3-5,8-9,14,16-19H,6-7,10-13H2,1-2H3. The van der Waals surface area contributed by atoms with Crippen LogP contribution < -0.4 is 10.6 Å². The first-order valence-corrected chi connectivity index (χ1v) is 7.77. The predicted octanol–water partition coefficient (Wildman–Crippen LogP) is 3.51. The molecule has 2 unspecified atom stereocenters. The number of rotatable bonds is 6. The summed E-state index contributed by atoms with van der Waals surface area (Å²) in [5, 5.41) is 7.39. The molecule has 1 saturated heterocycles. The zero-order valence-electron chi connectivity index (χ0n) is 12.4. The van der Waals surface area contributed by atoms with Crippen LogP contribution in [0.25, 0.3) is 0 Å². The maximum Gasteiger partial charge on any atom is 0.0323 e. The van der Waals surface area contributed by atoms with E-state index < -0.39 is 0 Å². The van der Waals surface area contributed by atoms with Crippen molar-refractivity contribution in [3.63, 3.8) is 0 Å². The SMILES string of the molecule is CC(C)CC(NCC1CCCCN1)c1ccccc1. The fraction of sp³-hybridized carbons (Fsp3) is 0.647. The van der Waals surface area contributed by atoms with E-state index in [9.17, 15) is 0 Å². The lowest BCUT2D eigenvalue weighted by molar-refractivity contribution is 0.348. The third-order valence-electron chi connectivity index (χ3n) is 3.93. The van der Waals surface area contributed by atoms with Crippen LogP contribution in [-0.4, -0.2) is 19.1 Å². The zero-order chi connectivity index (χ0) is 13.5. The highest BCUT2D eigenvalue weighted by Gasteiger charge is 2.17. The maximum atomic E-state index is 3.77. The van der Waals surface area contributed by atoms with E-state index in [2.05, 4.69) is 54.8 Å². The van der Waals surface area contributed by atoms with Crippen molar-refractivity contribution in [2.75, 3.05) is 13.1 Å². The lowest BCUT2D eigenvalue weighted by Crippen LogP contribution is -2.42. The van der Waals surface area contributed by atoms with Gasteiger partial charge in [-0.1, -0.05) is 50.6 Å². The molecule has 2 N–H and O–H groups in total. The highest BCUT2D eigenvalue weighted by Crippen LogP contribution is 2.21. The molecule has 0 spiro atoms. The van der Waals surface area contributed by atoms with Gasteiger partial charge in [-0.2, -0.15) is 0 Å². The lowest BCUT2D eigenvalue weighted by atomic mass is 9.96. The Bertz CT molecular complexity index is 342. The van der Waals surface area contributed by atoms with Gasteiger partial charge in [-0.15, -0.1) is 0 Å². The number of piperidine rings is 1. The van der Waals surface area contributed by atoms with Crippen LogP contribution >= 0.6 is 0 Å². The molecule has 2 rings (SSSR count). The van der Waals surface area contributed by atoms with Gasteiger partial charge in [0.2, 0.25) is 0 Å². The molecule has 1 aromatic rings. The summed E-state index contributed by atoms with van der Waals surface area (Å²) in [6.07, 6.45) is 5.23. The second kappa shape index (κ2) is 7.66. The van der Waals surface area contributed by atoms with Crippen molar-refractivity contribution in [1.82, 2.24) is 10.6 Å². The first-order valence-electron chi connectivity index (χ1n) is 7.77. The summed E-state index contributed by atoms with van der Waals surface area (Å²) < 4.78 is 0. The number of hydrogen-bond acceptors (Lipinski definition) is 2. The second-order valence-electron chi connectivity index (χ2n) is 6.15. The number of benzene rings is 1. The molecule has 0 saturated carbocycles. The van der Waals surface area contributed by atoms with Gasteiger partial charge in [0.05, 0.1) is 0 Å². The molecular weight excluding hydrogens is 232 g/mol. The molecule has 1 aromatic carbocycles. The van der Waals surface area contributed by atoms with Crippen molar-refractivity contribution in [2.24, 2.45) is 5.92 Å². The van der Waals surface area contributed by atoms with Gasteiger partial charge >= 0.3 is 0 Å². The summed E-state index contributed by atoms with van der Waals surface area (Å²) in [6, 6.07) is 12.0. The summed E-state index contributed by atoms with van der Waals surface area (Å²) >= 11 is 0. The molecule has 106 valence electrons. The van der Waals surface area contributed by atoms with E-state index >= 15 is 0 Å². The van der Waals surface area contributed by atoms with E-state index in [1.807, 2.05) is 0 Å². The van der Waals surface area contributed by atoms with Crippen molar-refractivity contribution >= 4 is 0 Å². The van der Waals surface area contributed by atoms with E-state index in [0.29, 0.717) is 12.1 Å². The van der Waals surface area contributed by atoms with Gasteiger partial charge in [0.1, 0.15) is 0 Å². The third-order valence-corrected chi connectivity index (χ3v) is 3.93. The Kier molecular flexibility index (Phi) is 5.87. The Morgan fingerprint density at radius 3 is 2.63 bits per heavy atom. The Hall–Kier alpha value is -0.860. The minimum Gasteiger partial charge on any atom is -0.313 e. The first-order chi connectivity index (χ1) is 9.25. The normalized spacial score (nSPS) is 21.5. The number of hydrogen-bond donors (Lipinski definition) is 2. The quantitative estimate of drug-likeness (QED) is 0.818. The van der Waals surface area contributed by atoms with Gasteiger partial charge < -0.3 is 10.6 Å². The van der Waals surface area contributed by atoms with Gasteiger partial charge in [0.25, 0.3) is 0 Å². The zero-order valence-corrected chi connectivity index (χ0v) is 12.4. The molecule has 19 heavy (non-hydrogen) atoms. The first kappa shape index (κ1) is 14.5. The van der Waals surface area contributed by atoms with E-state index in [0.717, 1.165) is 12.5 Å². The largest absolute Gasteiger partial charge is 0.313 e. The van der Waals surface area contributed by atoms with Crippen LogP contribution in [-0.2, 0) is 0 Å². The summed E-state index contributed by atoms with van der Waals surface area (Å²) in [5.41, 5.74) is 1.42. The molecule has 0 bridgehead atoms. The molecule has 1 fully saturated rings. The third kappa shape index (κ3) is 4.96. The molecule has 0 aliphatic carbocycles. The molecule has 0 amide bonds. The smallest absolute Gasteiger partial charge is 0.0323 e.